The fourth-order valence-electron chi connectivity index (χ4n) is 1.96. The van der Waals surface area contributed by atoms with Gasteiger partial charge in [-0.2, -0.15) is 0 Å². The van der Waals surface area contributed by atoms with Crippen molar-refractivity contribution in [2.75, 3.05) is 23.6 Å². The number of nitrogen functional groups attached to an aromatic ring is 1. The summed E-state index contributed by atoms with van der Waals surface area (Å²) in [6.45, 7) is 0. The van der Waals surface area contributed by atoms with Crippen LogP contribution in [0.2, 0.25) is 0 Å². The summed E-state index contributed by atoms with van der Waals surface area (Å²) in [5, 5.41) is 2.03. The molecule has 1 amide bonds. The lowest BCUT2D eigenvalue weighted by atomic mass is 10.1. The summed E-state index contributed by atoms with van der Waals surface area (Å²) < 4.78 is 0. The first kappa shape index (κ1) is 12.7. The molecule has 2 aromatic carbocycles. The Morgan fingerprint density at radius 2 is 2.00 bits per heavy atom. The van der Waals surface area contributed by atoms with Crippen molar-refractivity contribution >= 4 is 39.7 Å². The first-order valence-electron chi connectivity index (χ1n) is 5.75. The van der Waals surface area contributed by atoms with Crippen LogP contribution in [-0.4, -0.2) is 18.8 Å². The van der Waals surface area contributed by atoms with Gasteiger partial charge in [0.2, 0.25) is 5.91 Å². The Morgan fingerprint density at radius 3 is 2.72 bits per heavy atom. The minimum Gasteiger partial charge on any atom is -0.397 e. The SMILES string of the molecule is CN(C(=O)CCCl)c1ccc2ccccc2c1N. The van der Waals surface area contributed by atoms with E-state index in [0.717, 1.165) is 16.5 Å². The Kier molecular flexibility index (Phi) is 3.72. The highest BCUT2D eigenvalue weighted by atomic mass is 35.5. The summed E-state index contributed by atoms with van der Waals surface area (Å²) >= 11 is 5.58. The molecule has 0 saturated heterocycles. The Morgan fingerprint density at radius 1 is 1.28 bits per heavy atom. The number of hydrogen-bond donors (Lipinski definition) is 1. The van der Waals surface area contributed by atoms with Crippen LogP contribution in [0.1, 0.15) is 6.42 Å². The van der Waals surface area contributed by atoms with Crippen molar-refractivity contribution in [1.82, 2.24) is 0 Å². The van der Waals surface area contributed by atoms with Gasteiger partial charge in [0.15, 0.2) is 0 Å². The molecule has 4 heteroatoms. The molecule has 94 valence electrons. The number of amides is 1. The van der Waals surface area contributed by atoms with Crippen molar-refractivity contribution in [1.29, 1.82) is 0 Å². The maximum Gasteiger partial charge on any atom is 0.227 e. The van der Waals surface area contributed by atoms with E-state index in [1.165, 1.54) is 0 Å². The summed E-state index contributed by atoms with van der Waals surface area (Å²) in [5.74, 6) is 0.281. The zero-order chi connectivity index (χ0) is 13.1. The lowest BCUT2D eigenvalue weighted by molar-refractivity contribution is -0.117. The number of hydrogen-bond acceptors (Lipinski definition) is 2. The standard InChI is InChI=1S/C14H15ClN2O/c1-17(13(18)8-9-15)12-7-6-10-4-2-3-5-11(10)14(12)16/h2-7H,8-9,16H2,1H3. The van der Waals surface area contributed by atoms with Gasteiger partial charge < -0.3 is 10.6 Å². The third-order valence-electron chi connectivity index (χ3n) is 2.99. The van der Waals surface area contributed by atoms with Crippen LogP contribution < -0.4 is 10.6 Å². The van der Waals surface area contributed by atoms with Gasteiger partial charge in [-0.3, -0.25) is 4.79 Å². The highest BCUT2D eigenvalue weighted by Crippen LogP contribution is 2.30. The van der Waals surface area contributed by atoms with Gasteiger partial charge in [-0.1, -0.05) is 30.3 Å². The number of nitrogens with zero attached hydrogens (tertiary/aromatic N) is 1. The first-order chi connectivity index (χ1) is 8.65. The van der Waals surface area contributed by atoms with E-state index in [1.54, 1.807) is 11.9 Å². The topological polar surface area (TPSA) is 46.3 Å². The van der Waals surface area contributed by atoms with E-state index < -0.39 is 0 Å². The quantitative estimate of drug-likeness (QED) is 0.683. The number of halogens is 1. The molecular weight excluding hydrogens is 248 g/mol. The molecule has 0 saturated carbocycles. The van der Waals surface area contributed by atoms with Gasteiger partial charge in [-0.05, 0) is 11.5 Å². The Bertz CT molecular complexity index is 583. The minimum absolute atomic E-state index is 0.0352. The van der Waals surface area contributed by atoms with E-state index in [0.29, 0.717) is 18.0 Å². The van der Waals surface area contributed by atoms with Crippen LogP contribution >= 0.6 is 11.6 Å². The van der Waals surface area contributed by atoms with E-state index >= 15 is 0 Å². The summed E-state index contributed by atoms with van der Waals surface area (Å²) in [6.07, 6.45) is 0.310. The highest BCUT2D eigenvalue weighted by molar-refractivity contribution is 6.19. The van der Waals surface area contributed by atoms with Crippen molar-refractivity contribution in [3.8, 4) is 0 Å². The molecule has 3 nitrogen and oxygen atoms in total. The van der Waals surface area contributed by atoms with E-state index in [4.69, 9.17) is 17.3 Å². The highest BCUT2D eigenvalue weighted by Gasteiger charge is 2.14. The third kappa shape index (κ3) is 2.27. The molecule has 18 heavy (non-hydrogen) atoms. The summed E-state index contributed by atoms with van der Waals surface area (Å²) in [7, 11) is 1.72. The first-order valence-corrected chi connectivity index (χ1v) is 6.28. The fraction of sp³-hybridized carbons (Fsp3) is 0.214. The number of benzene rings is 2. The zero-order valence-corrected chi connectivity index (χ0v) is 10.9. The maximum atomic E-state index is 11.8. The second-order valence-electron chi connectivity index (χ2n) is 4.11. The van der Waals surface area contributed by atoms with Gasteiger partial charge >= 0.3 is 0 Å². The molecule has 0 radical (unpaired) electrons. The molecule has 0 bridgehead atoms. The van der Waals surface area contributed by atoms with Gasteiger partial charge in [0.25, 0.3) is 0 Å². The van der Waals surface area contributed by atoms with E-state index in [1.807, 2.05) is 36.4 Å². The van der Waals surface area contributed by atoms with Crippen LogP contribution in [0.5, 0.6) is 0 Å². The number of carbonyl (C=O) groups is 1. The molecular formula is C14H15ClN2O. The molecule has 2 aromatic rings. The lowest BCUT2D eigenvalue weighted by Crippen LogP contribution is -2.27. The molecule has 0 aliphatic heterocycles. The van der Waals surface area contributed by atoms with E-state index in [9.17, 15) is 4.79 Å². The normalized spacial score (nSPS) is 10.6. The average Bonchev–Trinajstić information content (AvgIpc) is 2.39. The van der Waals surface area contributed by atoms with Gasteiger partial charge in [0, 0.05) is 24.7 Å². The predicted molar refractivity (Wildman–Crippen MR) is 77.1 cm³/mol. The number of fused-ring (bicyclic) bond motifs is 1. The molecule has 0 aliphatic carbocycles. The molecule has 0 aliphatic rings. The summed E-state index contributed by atoms with van der Waals surface area (Å²) in [4.78, 5) is 13.4. The molecule has 2 rings (SSSR count). The molecule has 0 aromatic heterocycles. The van der Waals surface area contributed by atoms with Crippen LogP contribution in [0.4, 0.5) is 11.4 Å². The van der Waals surface area contributed by atoms with Gasteiger partial charge in [0.1, 0.15) is 0 Å². The Balaban J connectivity index is 2.46. The predicted octanol–water partition coefficient (Wildman–Crippen LogP) is 3.01. The summed E-state index contributed by atoms with van der Waals surface area (Å²) in [6, 6.07) is 11.7. The second-order valence-corrected chi connectivity index (χ2v) is 4.49. The number of carbonyl (C=O) groups excluding carboxylic acids is 1. The van der Waals surface area contributed by atoms with Crippen molar-refractivity contribution < 1.29 is 4.79 Å². The van der Waals surface area contributed by atoms with Crippen molar-refractivity contribution in [3.05, 3.63) is 36.4 Å². The molecule has 0 fully saturated rings. The number of rotatable bonds is 3. The van der Waals surface area contributed by atoms with E-state index in [2.05, 4.69) is 0 Å². The van der Waals surface area contributed by atoms with E-state index in [-0.39, 0.29) is 5.91 Å². The molecule has 2 N–H and O–H groups in total. The van der Waals surface area contributed by atoms with Crippen LogP contribution in [0.15, 0.2) is 36.4 Å². The van der Waals surface area contributed by atoms with Crippen LogP contribution in [0.3, 0.4) is 0 Å². The Hall–Kier alpha value is -1.74. The van der Waals surface area contributed by atoms with Crippen molar-refractivity contribution in [2.24, 2.45) is 0 Å². The van der Waals surface area contributed by atoms with Crippen LogP contribution in [-0.2, 0) is 4.79 Å². The van der Waals surface area contributed by atoms with Crippen LogP contribution in [0.25, 0.3) is 10.8 Å². The molecule has 0 spiro atoms. The third-order valence-corrected chi connectivity index (χ3v) is 3.18. The maximum absolute atomic E-state index is 11.8. The average molecular weight is 263 g/mol. The number of nitrogens with two attached hydrogens (primary N) is 1. The van der Waals surface area contributed by atoms with Gasteiger partial charge in [-0.15, -0.1) is 11.6 Å². The fourth-order valence-corrected chi connectivity index (χ4v) is 2.12. The molecule has 0 atom stereocenters. The van der Waals surface area contributed by atoms with Gasteiger partial charge in [-0.25, -0.2) is 0 Å². The van der Waals surface area contributed by atoms with Crippen molar-refractivity contribution in [2.45, 2.75) is 6.42 Å². The summed E-state index contributed by atoms with van der Waals surface area (Å²) in [5.41, 5.74) is 7.48. The van der Waals surface area contributed by atoms with Crippen molar-refractivity contribution in [3.63, 3.8) is 0 Å². The molecule has 0 unspecified atom stereocenters. The van der Waals surface area contributed by atoms with Gasteiger partial charge in [0.05, 0.1) is 11.4 Å². The Labute approximate surface area is 111 Å². The molecule has 0 heterocycles. The monoisotopic (exact) mass is 262 g/mol. The number of anilines is 2. The zero-order valence-electron chi connectivity index (χ0n) is 10.2. The lowest BCUT2D eigenvalue weighted by Gasteiger charge is -2.20. The minimum atomic E-state index is -0.0352. The second kappa shape index (κ2) is 5.27. The van der Waals surface area contributed by atoms with Crippen LogP contribution in [0, 0.1) is 0 Å². The number of alkyl halides is 1. The largest absolute Gasteiger partial charge is 0.397 e. The smallest absolute Gasteiger partial charge is 0.227 e.